The Morgan fingerprint density at radius 2 is 1.90 bits per heavy atom. The number of urea groups is 1. The minimum atomic E-state index is -1.46. The molecule has 0 saturated carbocycles. The summed E-state index contributed by atoms with van der Waals surface area (Å²) in [6.07, 6.45) is -0.421. The highest BCUT2D eigenvalue weighted by Gasteiger charge is 2.25. The average Bonchev–Trinajstić information content (AvgIpc) is 2.35. The molecule has 1 rings (SSSR count). The van der Waals surface area contributed by atoms with Crippen molar-refractivity contribution in [2.24, 2.45) is 0 Å². The minimum absolute atomic E-state index is 0.114. The first-order chi connectivity index (χ1) is 9.30. The molecule has 0 saturated heterocycles. The predicted molar refractivity (Wildman–Crippen MR) is 74.2 cm³/mol. The van der Waals surface area contributed by atoms with E-state index in [-0.39, 0.29) is 12.6 Å². The lowest BCUT2D eigenvalue weighted by Gasteiger charge is -2.24. The fraction of sp³-hybridized carbons (Fsp3) is 0.429. The zero-order valence-corrected chi connectivity index (χ0v) is 11.7. The molecule has 0 aliphatic carbocycles. The van der Waals surface area contributed by atoms with Gasteiger partial charge >= 0.3 is 12.0 Å². The van der Waals surface area contributed by atoms with Gasteiger partial charge in [-0.3, -0.25) is 4.79 Å². The van der Waals surface area contributed by atoms with E-state index in [9.17, 15) is 14.7 Å². The molecule has 6 heteroatoms. The normalized spacial score (nSPS) is 13.3. The van der Waals surface area contributed by atoms with Gasteiger partial charge in [-0.15, -0.1) is 0 Å². The first-order valence-electron chi connectivity index (χ1n) is 6.27. The Labute approximate surface area is 118 Å². The molecule has 3 N–H and O–H groups in total. The summed E-state index contributed by atoms with van der Waals surface area (Å²) < 4.78 is 0. The molecule has 6 nitrogen and oxygen atoms in total. The molecule has 2 amide bonds. The monoisotopic (exact) mass is 280 g/mol. The quantitative estimate of drug-likeness (QED) is 0.726. The molecule has 0 aliphatic rings. The van der Waals surface area contributed by atoms with Gasteiger partial charge < -0.3 is 20.4 Å². The number of hydrogen-bond donors (Lipinski definition) is 3. The van der Waals surface area contributed by atoms with E-state index < -0.39 is 18.0 Å². The van der Waals surface area contributed by atoms with Crippen molar-refractivity contribution in [3.05, 3.63) is 35.9 Å². The third kappa shape index (κ3) is 5.71. The summed E-state index contributed by atoms with van der Waals surface area (Å²) in [5.41, 5.74) is -0.475. The van der Waals surface area contributed by atoms with Gasteiger partial charge in [0.05, 0.1) is 12.0 Å². The van der Waals surface area contributed by atoms with Crippen molar-refractivity contribution in [1.29, 1.82) is 0 Å². The summed E-state index contributed by atoms with van der Waals surface area (Å²) in [5, 5.41) is 20.9. The molecular formula is C14H20N2O4. The fourth-order valence-electron chi connectivity index (χ4n) is 1.72. The van der Waals surface area contributed by atoms with E-state index >= 15 is 0 Å². The van der Waals surface area contributed by atoms with Gasteiger partial charge in [0.25, 0.3) is 0 Å². The van der Waals surface area contributed by atoms with E-state index in [2.05, 4.69) is 5.32 Å². The van der Waals surface area contributed by atoms with Gasteiger partial charge in [0.2, 0.25) is 0 Å². The minimum Gasteiger partial charge on any atom is -0.481 e. The molecule has 0 aromatic heterocycles. The smallest absolute Gasteiger partial charge is 0.317 e. The van der Waals surface area contributed by atoms with Crippen LogP contribution in [0.25, 0.3) is 0 Å². The molecule has 1 atom stereocenters. The third-order valence-electron chi connectivity index (χ3n) is 2.76. The second kappa shape index (κ2) is 6.91. The number of aliphatic hydroxyl groups is 1. The second-order valence-electron chi connectivity index (χ2n) is 5.07. The van der Waals surface area contributed by atoms with E-state index in [0.29, 0.717) is 6.54 Å². The zero-order chi connectivity index (χ0) is 15.2. The van der Waals surface area contributed by atoms with Crippen molar-refractivity contribution in [3.8, 4) is 0 Å². The predicted octanol–water partition coefficient (Wildman–Crippen LogP) is 1.05. The molecule has 20 heavy (non-hydrogen) atoms. The Morgan fingerprint density at radius 1 is 1.30 bits per heavy atom. The summed E-state index contributed by atoms with van der Waals surface area (Å²) in [6.45, 7) is 1.70. The van der Waals surface area contributed by atoms with E-state index in [0.717, 1.165) is 5.56 Å². The molecule has 0 heterocycles. The zero-order valence-electron chi connectivity index (χ0n) is 11.7. The largest absolute Gasteiger partial charge is 0.481 e. The Morgan fingerprint density at radius 3 is 2.45 bits per heavy atom. The number of carboxylic acid groups (broad SMARTS) is 1. The molecular weight excluding hydrogens is 260 g/mol. The van der Waals surface area contributed by atoms with Gasteiger partial charge in [-0.2, -0.15) is 0 Å². The van der Waals surface area contributed by atoms with Crippen LogP contribution >= 0.6 is 0 Å². The van der Waals surface area contributed by atoms with Crippen LogP contribution in [0.15, 0.2) is 30.3 Å². The van der Waals surface area contributed by atoms with Crippen molar-refractivity contribution in [1.82, 2.24) is 10.2 Å². The van der Waals surface area contributed by atoms with Gasteiger partial charge in [0.15, 0.2) is 0 Å². The number of benzene rings is 1. The van der Waals surface area contributed by atoms with Crippen LogP contribution in [0.3, 0.4) is 0 Å². The van der Waals surface area contributed by atoms with E-state index in [1.807, 2.05) is 30.3 Å². The summed E-state index contributed by atoms with van der Waals surface area (Å²) in [5.74, 6) is -1.11. The number of carbonyl (C=O) groups is 2. The number of amides is 2. The molecule has 1 aromatic carbocycles. The van der Waals surface area contributed by atoms with Crippen molar-refractivity contribution in [2.45, 2.75) is 25.5 Å². The van der Waals surface area contributed by atoms with Crippen molar-refractivity contribution < 1.29 is 19.8 Å². The number of carboxylic acids is 1. The summed E-state index contributed by atoms with van der Waals surface area (Å²) in [7, 11) is 1.63. The maximum atomic E-state index is 11.8. The van der Waals surface area contributed by atoms with Crippen LogP contribution < -0.4 is 5.32 Å². The van der Waals surface area contributed by atoms with Crippen molar-refractivity contribution in [3.63, 3.8) is 0 Å². The van der Waals surface area contributed by atoms with Gasteiger partial charge in [0, 0.05) is 20.1 Å². The molecule has 0 bridgehead atoms. The lowest BCUT2D eigenvalue weighted by atomic mass is 10.0. The van der Waals surface area contributed by atoms with Gasteiger partial charge in [0.1, 0.15) is 0 Å². The molecule has 0 spiro atoms. The number of hydrogen-bond acceptors (Lipinski definition) is 3. The Balaban J connectivity index is 2.44. The van der Waals surface area contributed by atoms with E-state index in [1.165, 1.54) is 11.8 Å². The van der Waals surface area contributed by atoms with Gasteiger partial charge in [-0.25, -0.2) is 4.79 Å². The van der Waals surface area contributed by atoms with Crippen molar-refractivity contribution >= 4 is 12.0 Å². The maximum Gasteiger partial charge on any atom is 0.317 e. The maximum absolute atomic E-state index is 11.8. The summed E-state index contributed by atoms with van der Waals surface area (Å²) in [4.78, 5) is 23.9. The number of nitrogens with zero attached hydrogens (tertiary/aromatic N) is 1. The molecule has 0 fully saturated rings. The van der Waals surface area contributed by atoms with Gasteiger partial charge in [-0.1, -0.05) is 30.3 Å². The molecule has 0 radical (unpaired) electrons. The lowest BCUT2D eigenvalue weighted by Crippen LogP contribution is -2.46. The highest BCUT2D eigenvalue weighted by Crippen LogP contribution is 2.08. The Hall–Kier alpha value is -2.08. The number of aliphatic carboxylic acids is 1. The SMILES string of the molecule is CN(Cc1ccccc1)C(=O)NCC(C)(O)CC(=O)O. The molecule has 1 aromatic rings. The second-order valence-corrected chi connectivity index (χ2v) is 5.07. The Kier molecular flexibility index (Phi) is 5.52. The van der Waals surface area contributed by atoms with Crippen LogP contribution in [0.2, 0.25) is 0 Å². The summed E-state index contributed by atoms with van der Waals surface area (Å²) in [6, 6.07) is 9.12. The number of rotatable bonds is 6. The molecule has 1 unspecified atom stereocenters. The van der Waals surface area contributed by atoms with Crippen LogP contribution in [-0.4, -0.2) is 46.3 Å². The van der Waals surface area contributed by atoms with E-state index in [1.54, 1.807) is 7.05 Å². The van der Waals surface area contributed by atoms with Gasteiger partial charge in [-0.05, 0) is 12.5 Å². The van der Waals surface area contributed by atoms with Crippen LogP contribution in [0.4, 0.5) is 4.79 Å². The van der Waals surface area contributed by atoms with Crippen LogP contribution in [0, 0.1) is 0 Å². The number of nitrogens with one attached hydrogen (secondary N) is 1. The first-order valence-corrected chi connectivity index (χ1v) is 6.27. The standard InChI is InChI=1S/C14H20N2O4/c1-14(20,8-12(17)18)10-15-13(19)16(2)9-11-6-4-3-5-7-11/h3-7,20H,8-10H2,1-2H3,(H,15,19)(H,17,18). The first kappa shape index (κ1) is 16.0. The average molecular weight is 280 g/mol. The van der Waals surface area contributed by atoms with Crippen LogP contribution in [0.1, 0.15) is 18.9 Å². The molecule has 0 aliphatic heterocycles. The molecule has 110 valence electrons. The Bertz CT molecular complexity index is 460. The van der Waals surface area contributed by atoms with Crippen molar-refractivity contribution in [2.75, 3.05) is 13.6 Å². The summed E-state index contributed by atoms with van der Waals surface area (Å²) >= 11 is 0. The van der Waals surface area contributed by atoms with Crippen LogP contribution in [-0.2, 0) is 11.3 Å². The topological polar surface area (TPSA) is 89.9 Å². The fourth-order valence-corrected chi connectivity index (χ4v) is 1.72. The van der Waals surface area contributed by atoms with Crippen LogP contribution in [0.5, 0.6) is 0 Å². The third-order valence-corrected chi connectivity index (χ3v) is 2.76. The highest BCUT2D eigenvalue weighted by atomic mass is 16.4. The van der Waals surface area contributed by atoms with E-state index in [4.69, 9.17) is 5.11 Å². The lowest BCUT2D eigenvalue weighted by molar-refractivity contribution is -0.141. The number of carbonyl (C=O) groups excluding carboxylic acids is 1. The highest BCUT2D eigenvalue weighted by molar-refractivity contribution is 5.74.